The lowest BCUT2D eigenvalue weighted by Crippen LogP contribution is -2.44. The zero-order valence-electron chi connectivity index (χ0n) is 12.2. The molecule has 1 spiro atoms. The predicted molar refractivity (Wildman–Crippen MR) is 78.0 cm³/mol. The van der Waals surface area contributed by atoms with Gasteiger partial charge >= 0.3 is 0 Å². The number of aromatic hydroxyl groups is 1. The molecule has 2 fully saturated rings. The number of aryl methyl sites for hydroxylation is 1. The number of piperidine rings is 1. The number of carbonyl (C=O) groups is 2. The van der Waals surface area contributed by atoms with Gasteiger partial charge in [-0.3, -0.25) is 9.59 Å². The van der Waals surface area contributed by atoms with Gasteiger partial charge in [-0.15, -0.1) is 0 Å². The SMILES string of the molecule is Cc1cc(O)ccc1C(=O)N1CCC2(CC1)CNC(=O)C2. The van der Waals surface area contributed by atoms with Crippen LogP contribution in [0.2, 0.25) is 0 Å². The molecule has 5 heteroatoms. The van der Waals surface area contributed by atoms with E-state index in [0.717, 1.165) is 24.9 Å². The number of likely N-dealkylation sites (tertiary alicyclic amines) is 1. The maximum atomic E-state index is 12.6. The minimum Gasteiger partial charge on any atom is -0.508 e. The van der Waals surface area contributed by atoms with Gasteiger partial charge in [0.05, 0.1) is 0 Å². The average molecular weight is 288 g/mol. The third-order valence-corrected chi connectivity index (χ3v) is 4.75. The molecular weight excluding hydrogens is 268 g/mol. The van der Waals surface area contributed by atoms with Crippen molar-refractivity contribution >= 4 is 11.8 Å². The van der Waals surface area contributed by atoms with E-state index >= 15 is 0 Å². The second kappa shape index (κ2) is 5.06. The highest BCUT2D eigenvalue weighted by molar-refractivity contribution is 5.96. The van der Waals surface area contributed by atoms with E-state index in [0.29, 0.717) is 25.1 Å². The zero-order valence-corrected chi connectivity index (χ0v) is 12.2. The van der Waals surface area contributed by atoms with Gasteiger partial charge in [-0.25, -0.2) is 0 Å². The lowest BCUT2D eigenvalue weighted by Gasteiger charge is -2.38. The van der Waals surface area contributed by atoms with Gasteiger partial charge in [-0.1, -0.05) is 0 Å². The highest BCUT2D eigenvalue weighted by atomic mass is 16.3. The third kappa shape index (κ3) is 2.60. The van der Waals surface area contributed by atoms with E-state index < -0.39 is 0 Å². The molecule has 0 aliphatic carbocycles. The summed E-state index contributed by atoms with van der Waals surface area (Å²) in [6.45, 7) is 3.95. The van der Waals surface area contributed by atoms with Crippen LogP contribution in [0.15, 0.2) is 18.2 Å². The molecule has 2 aliphatic rings. The molecule has 1 aromatic rings. The van der Waals surface area contributed by atoms with Crippen LogP contribution in [0.3, 0.4) is 0 Å². The highest BCUT2D eigenvalue weighted by Crippen LogP contribution is 2.37. The Kier molecular flexibility index (Phi) is 3.35. The van der Waals surface area contributed by atoms with Crippen molar-refractivity contribution < 1.29 is 14.7 Å². The number of carbonyl (C=O) groups excluding carboxylic acids is 2. The van der Waals surface area contributed by atoms with E-state index in [1.165, 1.54) is 0 Å². The number of nitrogens with one attached hydrogen (secondary N) is 1. The summed E-state index contributed by atoms with van der Waals surface area (Å²) in [5.41, 5.74) is 1.49. The van der Waals surface area contributed by atoms with Crippen LogP contribution < -0.4 is 5.32 Å². The summed E-state index contributed by atoms with van der Waals surface area (Å²) >= 11 is 0. The van der Waals surface area contributed by atoms with Crippen LogP contribution >= 0.6 is 0 Å². The molecule has 0 atom stereocenters. The average Bonchev–Trinajstić information content (AvgIpc) is 2.80. The molecule has 21 heavy (non-hydrogen) atoms. The predicted octanol–water partition coefficient (Wildman–Crippen LogP) is 1.44. The molecule has 112 valence electrons. The van der Waals surface area contributed by atoms with Gasteiger partial charge in [0.25, 0.3) is 5.91 Å². The normalized spacial score (nSPS) is 20.6. The first kappa shape index (κ1) is 13.9. The first-order valence-electron chi connectivity index (χ1n) is 7.35. The van der Waals surface area contributed by atoms with E-state index in [2.05, 4.69) is 5.32 Å². The number of hydrogen-bond donors (Lipinski definition) is 2. The van der Waals surface area contributed by atoms with Gasteiger partial charge in [0, 0.05) is 31.6 Å². The van der Waals surface area contributed by atoms with Gasteiger partial charge in [-0.05, 0) is 48.9 Å². The van der Waals surface area contributed by atoms with Gasteiger partial charge in [-0.2, -0.15) is 0 Å². The minimum atomic E-state index is 0.0135. The minimum absolute atomic E-state index is 0.0135. The number of hydrogen-bond acceptors (Lipinski definition) is 3. The van der Waals surface area contributed by atoms with Crippen molar-refractivity contribution in [2.24, 2.45) is 5.41 Å². The highest BCUT2D eigenvalue weighted by Gasteiger charge is 2.41. The molecule has 2 heterocycles. The van der Waals surface area contributed by atoms with Crippen LogP contribution in [0, 0.1) is 12.3 Å². The molecule has 5 nitrogen and oxygen atoms in total. The first-order chi connectivity index (χ1) is 9.99. The summed E-state index contributed by atoms with van der Waals surface area (Å²) in [5, 5.41) is 12.3. The Bertz CT molecular complexity index is 589. The van der Waals surface area contributed by atoms with Crippen LogP contribution in [0.5, 0.6) is 5.75 Å². The van der Waals surface area contributed by atoms with Crippen LogP contribution in [0.4, 0.5) is 0 Å². The maximum absolute atomic E-state index is 12.6. The molecule has 0 bridgehead atoms. The summed E-state index contributed by atoms with van der Waals surface area (Å²) < 4.78 is 0. The Hall–Kier alpha value is -2.04. The fourth-order valence-electron chi connectivity index (χ4n) is 3.35. The lowest BCUT2D eigenvalue weighted by atomic mass is 9.77. The Morgan fingerprint density at radius 1 is 1.33 bits per heavy atom. The van der Waals surface area contributed by atoms with E-state index in [1.807, 2.05) is 11.8 Å². The standard InChI is InChI=1S/C16H20N2O3/c1-11-8-12(19)2-3-13(11)15(21)18-6-4-16(5-7-18)9-14(20)17-10-16/h2-3,8,19H,4-7,9-10H2,1H3,(H,17,20). The van der Waals surface area contributed by atoms with Gasteiger partial charge in [0.1, 0.15) is 5.75 Å². The lowest BCUT2D eigenvalue weighted by molar-refractivity contribution is -0.119. The number of rotatable bonds is 1. The molecule has 0 unspecified atom stereocenters. The van der Waals surface area contributed by atoms with Crippen molar-refractivity contribution in [3.05, 3.63) is 29.3 Å². The molecule has 2 N–H and O–H groups in total. The van der Waals surface area contributed by atoms with Crippen molar-refractivity contribution in [1.29, 1.82) is 0 Å². The number of phenolic OH excluding ortho intramolecular Hbond substituents is 1. The van der Waals surface area contributed by atoms with Crippen molar-refractivity contribution in [2.75, 3.05) is 19.6 Å². The van der Waals surface area contributed by atoms with Crippen LogP contribution in [0.1, 0.15) is 35.2 Å². The molecule has 3 rings (SSSR count). The quantitative estimate of drug-likeness (QED) is 0.821. The largest absolute Gasteiger partial charge is 0.508 e. The summed E-state index contributed by atoms with van der Waals surface area (Å²) in [6, 6.07) is 4.83. The molecular formula is C16H20N2O3. The van der Waals surface area contributed by atoms with Gasteiger partial charge in [0.15, 0.2) is 0 Å². The van der Waals surface area contributed by atoms with Crippen LogP contribution in [-0.2, 0) is 4.79 Å². The van der Waals surface area contributed by atoms with Crippen molar-refractivity contribution in [1.82, 2.24) is 10.2 Å². The van der Waals surface area contributed by atoms with Gasteiger partial charge in [0.2, 0.25) is 5.91 Å². The van der Waals surface area contributed by atoms with Crippen molar-refractivity contribution in [3.63, 3.8) is 0 Å². The number of amides is 2. The maximum Gasteiger partial charge on any atom is 0.254 e. The fourth-order valence-corrected chi connectivity index (χ4v) is 3.35. The van der Waals surface area contributed by atoms with E-state index in [-0.39, 0.29) is 23.0 Å². The second-order valence-corrected chi connectivity index (χ2v) is 6.24. The van der Waals surface area contributed by atoms with Crippen molar-refractivity contribution in [3.8, 4) is 5.75 Å². The Morgan fingerprint density at radius 3 is 2.62 bits per heavy atom. The smallest absolute Gasteiger partial charge is 0.254 e. The molecule has 2 amide bonds. The third-order valence-electron chi connectivity index (χ3n) is 4.75. The molecule has 1 aromatic carbocycles. The van der Waals surface area contributed by atoms with Gasteiger partial charge < -0.3 is 15.3 Å². The van der Waals surface area contributed by atoms with Crippen LogP contribution in [-0.4, -0.2) is 41.5 Å². The first-order valence-corrected chi connectivity index (χ1v) is 7.35. The molecule has 0 saturated carbocycles. The second-order valence-electron chi connectivity index (χ2n) is 6.24. The Balaban J connectivity index is 1.69. The topological polar surface area (TPSA) is 69.6 Å². The van der Waals surface area contributed by atoms with Crippen LogP contribution in [0.25, 0.3) is 0 Å². The Labute approximate surface area is 123 Å². The molecule has 0 aromatic heterocycles. The van der Waals surface area contributed by atoms with E-state index in [1.54, 1.807) is 18.2 Å². The Morgan fingerprint density at radius 2 is 2.05 bits per heavy atom. The summed E-state index contributed by atoms with van der Waals surface area (Å²) in [4.78, 5) is 25.8. The van der Waals surface area contributed by atoms with E-state index in [4.69, 9.17) is 0 Å². The summed E-state index contributed by atoms with van der Waals surface area (Å²) in [7, 11) is 0. The molecule has 2 aliphatic heterocycles. The number of nitrogens with zero attached hydrogens (tertiary/aromatic N) is 1. The molecule has 2 saturated heterocycles. The fraction of sp³-hybridized carbons (Fsp3) is 0.500. The van der Waals surface area contributed by atoms with E-state index in [9.17, 15) is 14.7 Å². The zero-order chi connectivity index (χ0) is 15.0. The number of benzene rings is 1. The number of phenols is 1. The monoisotopic (exact) mass is 288 g/mol. The summed E-state index contributed by atoms with van der Waals surface area (Å²) in [6.07, 6.45) is 2.33. The van der Waals surface area contributed by atoms with Crippen molar-refractivity contribution in [2.45, 2.75) is 26.2 Å². The summed E-state index contributed by atoms with van der Waals surface area (Å²) in [5.74, 6) is 0.320. The molecule has 0 radical (unpaired) electrons.